The zero-order chi connectivity index (χ0) is 16.7. The molecule has 4 heteroatoms. The Morgan fingerprint density at radius 3 is 2.22 bits per heavy atom. The molecule has 120 valence electrons. The van der Waals surface area contributed by atoms with Crippen molar-refractivity contribution >= 4 is 23.5 Å². The molecule has 1 N–H and O–H groups in total. The van der Waals surface area contributed by atoms with Gasteiger partial charge in [-0.2, -0.15) is 0 Å². The van der Waals surface area contributed by atoms with Gasteiger partial charge < -0.3 is 5.11 Å². The van der Waals surface area contributed by atoms with Gasteiger partial charge in [-0.1, -0.05) is 42.5 Å². The third kappa shape index (κ3) is 5.57. The molecule has 0 saturated heterocycles. The van der Waals surface area contributed by atoms with Gasteiger partial charge in [-0.25, -0.2) is 0 Å². The minimum Gasteiger partial charge on any atom is -0.481 e. The van der Waals surface area contributed by atoms with E-state index in [2.05, 4.69) is 0 Å². The van der Waals surface area contributed by atoms with Gasteiger partial charge in [-0.05, 0) is 35.9 Å². The standard InChI is InChI=1S/C19H20O3S/c1-23-18-9-7-15(8-10-18)12-17(20)13-16(19(21)22)11-14-5-3-2-4-6-14/h2-10,16H,11-13H2,1H3,(H,21,22). The van der Waals surface area contributed by atoms with Gasteiger partial charge in [0.1, 0.15) is 5.78 Å². The van der Waals surface area contributed by atoms with Gasteiger partial charge >= 0.3 is 5.97 Å². The molecule has 0 heterocycles. The highest BCUT2D eigenvalue weighted by Gasteiger charge is 2.21. The number of carboxylic acid groups (broad SMARTS) is 1. The summed E-state index contributed by atoms with van der Waals surface area (Å²) in [5, 5.41) is 9.36. The van der Waals surface area contributed by atoms with Crippen LogP contribution in [0.3, 0.4) is 0 Å². The fraction of sp³-hybridized carbons (Fsp3) is 0.263. The van der Waals surface area contributed by atoms with Crippen LogP contribution in [-0.4, -0.2) is 23.1 Å². The van der Waals surface area contributed by atoms with E-state index in [4.69, 9.17) is 0 Å². The predicted octanol–water partition coefficient (Wildman–Crippen LogP) is 3.85. The number of ketones is 1. The first kappa shape index (κ1) is 17.3. The number of carbonyl (C=O) groups is 2. The minimum absolute atomic E-state index is 0.0368. The highest BCUT2D eigenvalue weighted by atomic mass is 32.2. The van der Waals surface area contributed by atoms with Crippen LogP contribution in [0.5, 0.6) is 0 Å². The second-order valence-corrected chi connectivity index (χ2v) is 6.37. The maximum Gasteiger partial charge on any atom is 0.307 e. The van der Waals surface area contributed by atoms with Gasteiger partial charge in [0.15, 0.2) is 0 Å². The van der Waals surface area contributed by atoms with E-state index in [1.807, 2.05) is 60.9 Å². The van der Waals surface area contributed by atoms with Gasteiger partial charge in [-0.3, -0.25) is 9.59 Å². The average Bonchev–Trinajstić information content (AvgIpc) is 2.56. The SMILES string of the molecule is CSc1ccc(CC(=O)CC(Cc2ccccc2)C(=O)O)cc1. The van der Waals surface area contributed by atoms with Crippen LogP contribution in [0.25, 0.3) is 0 Å². The Kier molecular flexibility index (Phi) is 6.41. The molecule has 0 spiro atoms. The average molecular weight is 328 g/mol. The minimum atomic E-state index is -0.917. The molecule has 2 rings (SSSR count). The number of benzene rings is 2. The molecule has 0 fully saturated rings. The van der Waals surface area contributed by atoms with Crippen LogP contribution in [0.4, 0.5) is 0 Å². The van der Waals surface area contributed by atoms with Crippen LogP contribution in [0, 0.1) is 5.92 Å². The van der Waals surface area contributed by atoms with Crippen LogP contribution >= 0.6 is 11.8 Å². The third-order valence-electron chi connectivity index (χ3n) is 3.71. The molecule has 0 aliphatic rings. The monoisotopic (exact) mass is 328 g/mol. The van der Waals surface area contributed by atoms with Crippen LogP contribution in [0.1, 0.15) is 17.5 Å². The highest BCUT2D eigenvalue weighted by Crippen LogP contribution is 2.17. The van der Waals surface area contributed by atoms with Gasteiger partial charge in [0.2, 0.25) is 0 Å². The largest absolute Gasteiger partial charge is 0.481 e. The number of thioether (sulfide) groups is 1. The van der Waals surface area contributed by atoms with Gasteiger partial charge in [-0.15, -0.1) is 11.8 Å². The lowest BCUT2D eigenvalue weighted by Gasteiger charge is -2.12. The highest BCUT2D eigenvalue weighted by molar-refractivity contribution is 7.98. The van der Waals surface area contributed by atoms with Crippen molar-refractivity contribution in [1.82, 2.24) is 0 Å². The number of hydrogen-bond acceptors (Lipinski definition) is 3. The Bertz CT molecular complexity index is 650. The summed E-state index contributed by atoms with van der Waals surface area (Å²) in [6.45, 7) is 0. The van der Waals surface area contributed by atoms with Crippen molar-refractivity contribution in [2.45, 2.75) is 24.2 Å². The van der Waals surface area contributed by atoms with E-state index in [0.717, 1.165) is 16.0 Å². The molecule has 2 aromatic carbocycles. The van der Waals surface area contributed by atoms with E-state index in [1.165, 1.54) is 0 Å². The Hall–Kier alpha value is -2.07. The second kappa shape index (κ2) is 8.53. The molecule has 1 unspecified atom stereocenters. The molecule has 0 amide bonds. The Morgan fingerprint density at radius 1 is 1.00 bits per heavy atom. The zero-order valence-corrected chi connectivity index (χ0v) is 13.9. The lowest BCUT2D eigenvalue weighted by molar-refractivity contribution is -0.143. The molecule has 0 bridgehead atoms. The lowest BCUT2D eigenvalue weighted by Crippen LogP contribution is -2.21. The Labute approximate surface area is 140 Å². The molecule has 1 atom stereocenters. The molecular weight excluding hydrogens is 308 g/mol. The van der Waals surface area contributed by atoms with E-state index in [0.29, 0.717) is 6.42 Å². The molecule has 0 aliphatic carbocycles. The fourth-order valence-electron chi connectivity index (χ4n) is 2.46. The smallest absolute Gasteiger partial charge is 0.307 e. The first-order valence-electron chi connectivity index (χ1n) is 7.50. The summed E-state index contributed by atoms with van der Waals surface area (Å²) in [5.74, 6) is -1.62. The van der Waals surface area contributed by atoms with Crippen molar-refractivity contribution < 1.29 is 14.7 Å². The first-order chi connectivity index (χ1) is 11.1. The van der Waals surface area contributed by atoms with Crippen molar-refractivity contribution in [3.63, 3.8) is 0 Å². The Morgan fingerprint density at radius 2 is 1.65 bits per heavy atom. The van der Waals surface area contributed by atoms with Crippen LogP contribution in [-0.2, 0) is 22.4 Å². The number of carbonyl (C=O) groups excluding carboxylic acids is 1. The number of carboxylic acids is 1. The van der Waals surface area contributed by atoms with Gasteiger partial charge in [0.05, 0.1) is 5.92 Å². The quantitative estimate of drug-likeness (QED) is 0.748. The summed E-state index contributed by atoms with van der Waals surface area (Å²) >= 11 is 1.65. The third-order valence-corrected chi connectivity index (χ3v) is 4.45. The predicted molar refractivity (Wildman–Crippen MR) is 92.8 cm³/mol. The number of hydrogen-bond donors (Lipinski definition) is 1. The van der Waals surface area contributed by atoms with Crippen molar-refractivity contribution in [3.05, 3.63) is 65.7 Å². The molecule has 0 aromatic heterocycles. The van der Waals surface area contributed by atoms with Crippen LogP contribution in [0.15, 0.2) is 59.5 Å². The molecule has 0 saturated carbocycles. The molecule has 2 aromatic rings. The topological polar surface area (TPSA) is 54.4 Å². The van der Waals surface area contributed by atoms with Crippen LogP contribution in [0.2, 0.25) is 0 Å². The first-order valence-corrected chi connectivity index (χ1v) is 8.72. The molecule has 3 nitrogen and oxygen atoms in total. The second-order valence-electron chi connectivity index (χ2n) is 5.49. The summed E-state index contributed by atoms with van der Waals surface area (Å²) < 4.78 is 0. The maximum atomic E-state index is 12.2. The van der Waals surface area contributed by atoms with E-state index in [-0.39, 0.29) is 18.6 Å². The molecular formula is C19H20O3S. The van der Waals surface area contributed by atoms with E-state index in [1.54, 1.807) is 11.8 Å². The van der Waals surface area contributed by atoms with Crippen molar-refractivity contribution in [1.29, 1.82) is 0 Å². The van der Waals surface area contributed by atoms with E-state index >= 15 is 0 Å². The summed E-state index contributed by atoms with van der Waals surface area (Å²) in [6.07, 6.45) is 2.73. The summed E-state index contributed by atoms with van der Waals surface area (Å²) in [7, 11) is 0. The van der Waals surface area contributed by atoms with Crippen molar-refractivity contribution in [2.24, 2.45) is 5.92 Å². The van der Waals surface area contributed by atoms with Gasteiger partial charge in [0, 0.05) is 17.7 Å². The zero-order valence-electron chi connectivity index (χ0n) is 13.1. The normalized spacial score (nSPS) is 11.9. The fourth-order valence-corrected chi connectivity index (χ4v) is 2.87. The number of Topliss-reactive ketones (excluding diaryl/α,β-unsaturated/α-hetero) is 1. The van der Waals surface area contributed by atoms with E-state index < -0.39 is 11.9 Å². The summed E-state index contributed by atoms with van der Waals surface area (Å²) in [4.78, 5) is 24.8. The summed E-state index contributed by atoms with van der Waals surface area (Å²) in [6, 6.07) is 17.2. The molecule has 0 radical (unpaired) electrons. The van der Waals surface area contributed by atoms with Crippen molar-refractivity contribution in [2.75, 3.05) is 6.26 Å². The molecule has 23 heavy (non-hydrogen) atoms. The lowest BCUT2D eigenvalue weighted by atomic mass is 9.92. The van der Waals surface area contributed by atoms with Crippen LogP contribution < -0.4 is 0 Å². The molecule has 0 aliphatic heterocycles. The summed E-state index contributed by atoms with van der Waals surface area (Å²) in [5.41, 5.74) is 1.87. The maximum absolute atomic E-state index is 12.2. The Balaban J connectivity index is 1.96. The number of aliphatic carboxylic acids is 1. The van der Waals surface area contributed by atoms with E-state index in [9.17, 15) is 14.7 Å². The number of rotatable bonds is 8. The van der Waals surface area contributed by atoms with Gasteiger partial charge in [0.25, 0.3) is 0 Å². The van der Waals surface area contributed by atoms with Crippen molar-refractivity contribution in [3.8, 4) is 0 Å².